The molecule has 0 atom stereocenters. The molecular formula is C56H47OP2Pt+. The molecule has 0 aromatic heterocycles. The van der Waals surface area contributed by atoms with Gasteiger partial charge in [-0.25, -0.2) is 0 Å². The normalized spacial score (nSPS) is 11.0. The Kier molecular flexibility index (Phi) is 15.0. The third-order valence-electron chi connectivity index (χ3n) is 10.6. The largest absolute Gasteiger partial charge is 0.378 e. The van der Waals surface area contributed by atoms with E-state index < -0.39 is 21.4 Å². The molecule has 0 heterocycles. The van der Waals surface area contributed by atoms with Crippen molar-refractivity contribution in [2.24, 2.45) is 0 Å². The molecule has 0 aliphatic carbocycles. The number of benzene rings is 9. The predicted molar refractivity (Wildman–Crippen MR) is 256 cm³/mol. The van der Waals surface area contributed by atoms with Gasteiger partial charge in [-0.2, -0.15) is 18.2 Å². The second kappa shape index (κ2) is 21.1. The summed E-state index contributed by atoms with van der Waals surface area (Å²) in [6, 6.07) is 92.6. The van der Waals surface area contributed by atoms with E-state index in [4.69, 9.17) is 0 Å². The second-order valence-corrected chi connectivity index (χ2v) is 19.4. The molecule has 0 spiro atoms. The SMILES string of the molecule is OC(c1[c-]c(C[PH+](c2ccccc2)c2ccccc2)cc(-c2ccccc2)c1)(c1ccccc1)c1ccccc1.[Pt].c1ccc([PH+](c2ccccc2)c2ccccc2)cc1. The van der Waals surface area contributed by atoms with Crippen molar-refractivity contribution in [2.75, 3.05) is 0 Å². The van der Waals surface area contributed by atoms with Crippen molar-refractivity contribution in [1.82, 2.24) is 0 Å². The molecule has 4 heteroatoms. The number of aliphatic hydroxyl groups is 1. The standard InChI is InChI=1S/C38H30OP.C18H15P.Pt/c39-38(33-18-8-2-9-19-33,34-20-10-3-11-21-34)35-27-30(26-32(28-35)31-16-6-1-7-17-31)29-40(36-22-12-4-13-23-36)37-24-14-5-15-25-37;1-4-10-16(11-5-1)19(17-12-6-2-7-13-17)18-14-8-3-9-15-18;/h1-26,28,39H,29H2;1-15H;/q-1;;/p+2. The molecule has 0 aliphatic rings. The predicted octanol–water partition coefficient (Wildman–Crippen LogP) is 11.0. The van der Waals surface area contributed by atoms with Gasteiger partial charge in [0.25, 0.3) is 0 Å². The van der Waals surface area contributed by atoms with Gasteiger partial charge in [0.1, 0.15) is 21.5 Å². The summed E-state index contributed by atoms with van der Waals surface area (Å²) >= 11 is 0. The molecule has 1 N–H and O–H groups in total. The van der Waals surface area contributed by atoms with E-state index in [2.05, 4.69) is 194 Å². The zero-order chi connectivity index (χ0) is 40.1. The van der Waals surface area contributed by atoms with Crippen LogP contribution in [-0.4, -0.2) is 5.11 Å². The summed E-state index contributed by atoms with van der Waals surface area (Å²) < 4.78 is 0. The minimum Gasteiger partial charge on any atom is -0.378 e. The van der Waals surface area contributed by atoms with Gasteiger partial charge in [-0.15, -0.1) is 16.7 Å². The van der Waals surface area contributed by atoms with Gasteiger partial charge in [0, 0.05) is 21.1 Å². The minimum absolute atomic E-state index is 0. The number of rotatable bonds is 11. The van der Waals surface area contributed by atoms with E-state index in [1.807, 2.05) is 66.7 Å². The summed E-state index contributed by atoms with van der Waals surface area (Å²) in [5.41, 5.74) is 4.35. The van der Waals surface area contributed by atoms with Gasteiger partial charge in [-0.3, -0.25) is 0 Å². The summed E-state index contributed by atoms with van der Waals surface area (Å²) in [5.74, 6) is 0. The van der Waals surface area contributed by atoms with Gasteiger partial charge in [0.15, 0.2) is 0 Å². The van der Waals surface area contributed by atoms with Crippen LogP contribution in [0.1, 0.15) is 22.3 Å². The minimum atomic E-state index is -1.35. The summed E-state index contributed by atoms with van der Waals surface area (Å²) in [6.45, 7) is 0. The Bertz CT molecular complexity index is 2440. The van der Waals surface area contributed by atoms with Crippen LogP contribution >= 0.6 is 15.8 Å². The van der Waals surface area contributed by atoms with Crippen molar-refractivity contribution in [3.8, 4) is 11.1 Å². The molecule has 0 aliphatic heterocycles. The monoisotopic (exact) mass is 992 g/mol. The first-order valence-corrected chi connectivity index (χ1v) is 23.3. The zero-order valence-electron chi connectivity index (χ0n) is 33.2. The van der Waals surface area contributed by atoms with Crippen molar-refractivity contribution in [3.63, 3.8) is 0 Å². The van der Waals surface area contributed by atoms with E-state index in [0.29, 0.717) is 0 Å². The van der Waals surface area contributed by atoms with Gasteiger partial charge >= 0.3 is 0 Å². The van der Waals surface area contributed by atoms with Crippen LogP contribution in [-0.2, 0) is 32.8 Å². The van der Waals surface area contributed by atoms with Gasteiger partial charge in [0.2, 0.25) is 0 Å². The van der Waals surface area contributed by atoms with Gasteiger partial charge in [0.05, 0.1) is 32.6 Å². The molecule has 0 saturated heterocycles. The Morgan fingerprint density at radius 1 is 0.367 bits per heavy atom. The fourth-order valence-electron chi connectivity index (χ4n) is 7.71. The summed E-state index contributed by atoms with van der Waals surface area (Å²) in [4.78, 5) is 0. The molecule has 9 aromatic carbocycles. The maximum atomic E-state index is 12.7. The van der Waals surface area contributed by atoms with Crippen LogP contribution in [0.3, 0.4) is 0 Å². The Labute approximate surface area is 372 Å². The number of hydrogen-bond acceptors (Lipinski definition) is 1. The van der Waals surface area contributed by atoms with Crippen LogP contribution in [0.5, 0.6) is 0 Å². The average molecular weight is 993 g/mol. The molecule has 296 valence electrons. The Hall–Kier alpha value is -5.51. The topological polar surface area (TPSA) is 20.2 Å². The van der Waals surface area contributed by atoms with E-state index in [1.165, 1.54) is 26.5 Å². The smallest absolute Gasteiger partial charge is 0.118 e. The van der Waals surface area contributed by atoms with Crippen LogP contribution in [0.4, 0.5) is 0 Å². The molecule has 0 radical (unpaired) electrons. The molecule has 0 bridgehead atoms. The maximum Gasteiger partial charge on any atom is 0.118 e. The molecule has 9 aromatic rings. The van der Waals surface area contributed by atoms with Crippen molar-refractivity contribution < 1.29 is 26.2 Å². The first-order chi connectivity index (χ1) is 29.2. The van der Waals surface area contributed by atoms with Crippen LogP contribution in [0.25, 0.3) is 11.1 Å². The molecule has 0 amide bonds. The summed E-state index contributed by atoms with van der Waals surface area (Å²) in [6.07, 6.45) is 0.853. The molecular weight excluding hydrogens is 946 g/mol. The van der Waals surface area contributed by atoms with Crippen molar-refractivity contribution in [3.05, 3.63) is 283 Å². The van der Waals surface area contributed by atoms with E-state index in [1.54, 1.807) is 0 Å². The van der Waals surface area contributed by atoms with Gasteiger partial charge in [-0.1, -0.05) is 182 Å². The second-order valence-electron chi connectivity index (χ2n) is 14.5. The van der Waals surface area contributed by atoms with Crippen molar-refractivity contribution >= 4 is 42.4 Å². The summed E-state index contributed by atoms with van der Waals surface area (Å²) in [5, 5.41) is 19.7. The molecule has 0 unspecified atom stereocenters. The van der Waals surface area contributed by atoms with E-state index in [0.717, 1.165) is 39.5 Å². The van der Waals surface area contributed by atoms with Crippen molar-refractivity contribution in [1.29, 1.82) is 0 Å². The van der Waals surface area contributed by atoms with E-state index in [-0.39, 0.29) is 21.1 Å². The van der Waals surface area contributed by atoms with E-state index >= 15 is 0 Å². The quantitative estimate of drug-likeness (QED) is 0.0778. The zero-order valence-corrected chi connectivity index (χ0v) is 37.5. The molecule has 9 rings (SSSR count). The fourth-order valence-corrected chi connectivity index (χ4v) is 12.8. The van der Waals surface area contributed by atoms with Crippen LogP contribution in [0, 0.1) is 6.07 Å². The maximum absolute atomic E-state index is 12.7. The van der Waals surface area contributed by atoms with Gasteiger partial charge in [-0.05, 0) is 77.4 Å². The Balaban J connectivity index is 0.000000228. The van der Waals surface area contributed by atoms with Crippen molar-refractivity contribution in [2.45, 2.75) is 11.8 Å². The first-order valence-electron chi connectivity index (χ1n) is 20.1. The van der Waals surface area contributed by atoms with Crippen LogP contribution in [0.15, 0.2) is 255 Å². The molecule has 60 heavy (non-hydrogen) atoms. The first kappa shape index (κ1) is 42.6. The number of hydrogen-bond donors (Lipinski definition) is 1. The third-order valence-corrected chi connectivity index (χ3v) is 16.1. The van der Waals surface area contributed by atoms with Crippen LogP contribution in [0.2, 0.25) is 0 Å². The molecule has 0 saturated carbocycles. The van der Waals surface area contributed by atoms with Crippen LogP contribution < -0.4 is 26.5 Å². The van der Waals surface area contributed by atoms with Gasteiger partial charge < -0.3 is 5.11 Å². The summed E-state index contributed by atoms with van der Waals surface area (Å²) in [7, 11) is -2.03. The molecule has 0 fully saturated rings. The average Bonchev–Trinajstić information content (AvgIpc) is 3.33. The third kappa shape index (κ3) is 10.3. The van der Waals surface area contributed by atoms with E-state index in [9.17, 15) is 5.11 Å². The molecule has 1 nitrogen and oxygen atoms in total. The Morgan fingerprint density at radius 2 is 0.683 bits per heavy atom. The Morgan fingerprint density at radius 3 is 1.05 bits per heavy atom. The fraction of sp³-hybridized carbons (Fsp3) is 0.0357.